The topological polar surface area (TPSA) is 29.3 Å². The normalized spacial score (nSPS) is 27.3. The van der Waals surface area contributed by atoms with Crippen molar-refractivity contribution >= 4 is 27.3 Å². The lowest BCUT2D eigenvalue weighted by Gasteiger charge is -2.47. The third kappa shape index (κ3) is 4.00. The molecule has 1 saturated carbocycles. The number of nitrogens with zero attached hydrogens (tertiary/aromatic N) is 1. The second-order valence-electron chi connectivity index (χ2n) is 5.88. The minimum atomic E-state index is -4.12. The molecule has 0 amide bonds. The van der Waals surface area contributed by atoms with Gasteiger partial charge in [0, 0.05) is 18.6 Å². The number of halogens is 4. The van der Waals surface area contributed by atoms with Gasteiger partial charge in [0.05, 0.1) is 9.70 Å². The lowest BCUT2D eigenvalue weighted by atomic mass is 9.74. The van der Waals surface area contributed by atoms with Gasteiger partial charge >= 0.3 is 6.18 Å². The summed E-state index contributed by atoms with van der Waals surface area (Å²) in [6, 6.07) is 2.01. The largest absolute Gasteiger partial charge is 0.391 e. The smallest absolute Gasteiger partial charge is 0.329 e. The van der Waals surface area contributed by atoms with Crippen molar-refractivity contribution in [3.05, 3.63) is 20.8 Å². The van der Waals surface area contributed by atoms with Gasteiger partial charge in [0.25, 0.3) is 0 Å². The Bertz CT molecular complexity index is 477. The molecule has 120 valence electrons. The van der Waals surface area contributed by atoms with E-state index in [1.807, 2.05) is 23.4 Å². The molecular formula is C14H20BrF3N2S. The van der Waals surface area contributed by atoms with Crippen LogP contribution in [-0.2, 0) is 6.54 Å². The number of hydrogen-bond donors (Lipinski definition) is 1. The molecule has 1 heterocycles. The zero-order valence-corrected chi connectivity index (χ0v) is 14.3. The summed E-state index contributed by atoms with van der Waals surface area (Å²) in [5.41, 5.74) is 6.45. The summed E-state index contributed by atoms with van der Waals surface area (Å²) in [4.78, 5) is 2.01. The maximum absolute atomic E-state index is 13.1. The van der Waals surface area contributed by atoms with Gasteiger partial charge in [0.15, 0.2) is 0 Å². The highest BCUT2D eigenvalue weighted by Crippen LogP contribution is 2.44. The van der Waals surface area contributed by atoms with Crippen molar-refractivity contribution in [1.82, 2.24) is 4.90 Å². The van der Waals surface area contributed by atoms with E-state index in [1.54, 1.807) is 11.3 Å². The lowest BCUT2D eigenvalue weighted by molar-refractivity contribution is -0.193. The van der Waals surface area contributed by atoms with Gasteiger partial charge < -0.3 is 5.73 Å². The Kier molecular flexibility index (Phi) is 5.39. The SMILES string of the molecule is CN(Cc1csc(Br)c1)C1(CN)CCCC(C(F)(F)F)C1. The molecule has 1 aromatic rings. The van der Waals surface area contributed by atoms with E-state index in [-0.39, 0.29) is 19.4 Å². The minimum Gasteiger partial charge on any atom is -0.329 e. The fraction of sp³-hybridized carbons (Fsp3) is 0.714. The highest BCUT2D eigenvalue weighted by atomic mass is 79.9. The quantitative estimate of drug-likeness (QED) is 0.833. The van der Waals surface area contributed by atoms with E-state index < -0.39 is 17.6 Å². The van der Waals surface area contributed by atoms with Crippen LogP contribution in [-0.4, -0.2) is 30.2 Å². The average Bonchev–Trinajstić information content (AvgIpc) is 2.83. The second kappa shape index (κ2) is 6.56. The summed E-state index contributed by atoms with van der Waals surface area (Å²) in [5, 5.41) is 2.02. The van der Waals surface area contributed by atoms with Gasteiger partial charge in [-0.3, -0.25) is 4.90 Å². The van der Waals surface area contributed by atoms with Crippen molar-refractivity contribution in [2.45, 2.75) is 43.9 Å². The van der Waals surface area contributed by atoms with Gasteiger partial charge in [-0.1, -0.05) is 6.42 Å². The molecule has 1 aliphatic carbocycles. The summed E-state index contributed by atoms with van der Waals surface area (Å²) in [6.07, 6.45) is -2.47. The van der Waals surface area contributed by atoms with Crippen LogP contribution in [0.5, 0.6) is 0 Å². The first-order valence-electron chi connectivity index (χ1n) is 6.98. The Labute approximate surface area is 135 Å². The van der Waals surface area contributed by atoms with E-state index in [9.17, 15) is 13.2 Å². The molecule has 2 atom stereocenters. The number of rotatable bonds is 4. The average molecular weight is 385 g/mol. The highest BCUT2D eigenvalue weighted by Gasteiger charge is 2.48. The second-order valence-corrected chi connectivity index (χ2v) is 8.17. The number of likely N-dealkylation sites (N-methyl/N-ethyl adjacent to an activating group) is 1. The van der Waals surface area contributed by atoms with Gasteiger partial charge in [-0.25, -0.2) is 0 Å². The molecule has 0 aromatic carbocycles. The molecule has 0 saturated heterocycles. The standard InChI is InChI=1S/C14H20BrF3N2S/c1-20(7-10-5-12(15)21-8-10)13(9-19)4-2-3-11(6-13)14(16,17)18/h5,8,11H,2-4,6-7,9,19H2,1H3. The van der Waals surface area contributed by atoms with Crippen molar-refractivity contribution < 1.29 is 13.2 Å². The van der Waals surface area contributed by atoms with Crippen LogP contribution in [0.4, 0.5) is 13.2 Å². The molecule has 0 spiro atoms. The Hall–Kier alpha value is -0.110. The van der Waals surface area contributed by atoms with Gasteiger partial charge in [0.2, 0.25) is 0 Å². The maximum atomic E-state index is 13.1. The molecule has 0 bridgehead atoms. The van der Waals surface area contributed by atoms with Crippen LogP contribution < -0.4 is 5.73 Å². The Morgan fingerprint density at radius 2 is 2.24 bits per heavy atom. The Morgan fingerprint density at radius 1 is 1.52 bits per heavy atom. The van der Waals surface area contributed by atoms with E-state index in [0.717, 1.165) is 15.8 Å². The predicted molar refractivity (Wildman–Crippen MR) is 83.3 cm³/mol. The molecule has 2 N–H and O–H groups in total. The first kappa shape index (κ1) is 17.2. The van der Waals surface area contributed by atoms with Crippen LogP contribution in [0, 0.1) is 5.92 Å². The minimum absolute atomic E-state index is 0.106. The molecule has 2 rings (SSSR count). The first-order valence-corrected chi connectivity index (χ1v) is 8.65. The third-order valence-corrected chi connectivity index (χ3v) is 6.07. The highest BCUT2D eigenvalue weighted by molar-refractivity contribution is 9.11. The van der Waals surface area contributed by atoms with Gasteiger partial charge in [-0.05, 0) is 59.2 Å². The van der Waals surface area contributed by atoms with Gasteiger partial charge in [-0.15, -0.1) is 11.3 Å². The molecule has 1 fully saturated rings. The van der Waals surface area contributed by atoms with Crippen molar-refractivity contribution in [2.75, 3.05) is 13.6 Å². The maximum Gasteiger partial charge on any atom is 0.391 e. The summed E-state index contributed by atoms with van der Waals surface area (Å²) >= 11 is 4.99. The van der Waals surface area contributed by atoms with E-state index >= 15 is 0 Å². The van der Waals surface area contributed by atoms with Crippen LogP contribution in [0.15, 0.2) is 15.2 Å². The van der Waals surface area contributed by atoms with Crippen molar-refractivity contribution in [2.24, 2.45) is 11.7 Å². The van der Waals surface area contributed by atoms with Crippen molar-refractivity contribution in [3.8, 4) is 0 Å². The van der Waals surface area contributed by atoms with Crippen LogP contribution in [0.25, 0.3) is 0 Å². The first-order chi connectivity index (χ1) is 9.77. The van der Waals surface area contributed by atoms with Gasteiger partial charge in [0.1, 0.15) is 0 Å². The van der Waals surface area contributed by atoms with Crippen LogP contribution in [0.1, 0.15) is 31.2 Å². The molecule has 2 nitrogen and oxygen atoms in total. The van der Waals surface area contributed by atoms with Crippen LogP contribution in [0.2, 0.25) is 0 Å². The van der Waals surface area contributed by atoms with E-state index in [2.05, 4.69) is 15.9 Å². The van der Waals surface area contributed by atoms with Crippen LogP contribution in [0.3, 0.4) is 0 Å². The number of thiophene rings is 1. The Balaban J connectivity index is 2.12. The molecule has 21 heavy (non-hydrogen) atoms. The summed E-state index contributed by atoms with van der Waals surface area (Å²) in [7, 11) is 1.89. The summed E-state index contributed by atoms with van der Waals surface area (Å²) in [6.45, 7) is 0.894. The van der Waals surface area contributed by atoms with Gasteiger partial charge in [-0.2, -0.15) is 13.2 Å². The Morgan fingerprint density at radius 3 is 2.76 bits per heavy atom. The van der Waals surface area contributed by atoms with Crippen LogP contribution >= 0.6 is 27.3 Å². The number of nitrogens with two attached hydrogens (primary N) is 1. The lowest BCUT2D eigenvalue weighted by Crippen LogP contribution is -2.55. The molecule has 7 heteroatoms. The zero-order chi connectivity index (χ0) is 15.7. The molecule has 0 aliphatic heterocycles. The predicted octanol–water partition coefficient (Wildman–Crippen LogP) is 4.39. The van der Waals surface area contributed by atoms with E-state index in [4.69, 9.17) is 5.73 Å². The van der Waals surface area contributed by atoms with Crippen molar-refractivity contribution in [1.29, 1.82) is 0 Å². The van der Waals surface area contributed by atoms with Crippen molar-refractivity contribution in [3.63, 3.8) is 0 Å². The summed E-state index contributed by atoms with van der Waals surface area (Å²) < 4.78 is 40.2. The molecule has 0 radical (unpaired) electrons. The van der Waals surface area contributed by atoms with E-state index in [1.165, 1.54) is 0 Å². The molecular weight excluding hydrogens is 365 g/mol. The molecule has 1 aromatic heterocycles. The monoisotopic (exact) mass is 384 g/mol. The fourth-order valence-corrected chi connectivity index (χ4v) is 4.38. The summed E-state index contributed by atoms with van der Waals surface area (Å²) in [5.74, 6) is -1.23. The zero-order valence-electron chi connectivity index (χ0n) is 11.9. The number of hydrogen-bond acceptors (Lipinski definition) is 3. The molecule has 2 unspecified atom stereocenters. The fourth-order valence-electron chi connectivity index (χ4n) is 3.18. The third-order valence-electron chi connectivity index (χ3n) is 4.52. The van der Waals surface area contributed by atoms with E-state index in [0.29, 0.717) is 13.0 Å². The molecule has 1 aliphatic rings. The number of alkyl halides is 3.